The van der Waals surface area contributed by atoms with Crippen LogP contribution in [0.3, 0.4) is 0 Å². The predicted octanol–water partition coefficient (Wildman–Crippen LogP) is 3.03. The Balaban J connectivity index is 1.57. The largest absolute Gasteiger partial charge is 0.311 e. The summed E-state index contributed by atoms with van der Waals surface area (Å²) in [5, 5.41) is 3.82. The molecule has 0 spiro atoms. The molecule has 3 unspecified atom stereocenters. The van der Waals surface area contributed by atoms with E-state index in [4.69, 9.17) is 0 Å². The molecule has 0 amide bonds. The second-order valence-corrected chi connectivity index (χ2v) is 6.93. The summed E-state index contributed by atoms with van der Waals surface area (Å²) < 4.78 is 0. The van der Waals surface area contributed by atoms with Gasteiger partial charge in [0.1, 0.15) is 0 Å². The SMILES string of the molecule is CC1CCCC1N1CCNC(C2CCCCC2)C1. The van der Waals surface area contributed by atoms with Gasteiger partial charge in [-0.1, -0.05) is 32.6 Å². The zero-order valence-electron chi connectivity index (χ0n) is 12.0. The molecular formula is C16H30N2. The van der Waals surface area contributed by atoms with Gasteiger partial charge in [-0.3, -0.25) is 4.90 Å². The molecule has 2 nitrogen and oxygen atoms in total. The normalized spacial score (nSPS) is 40.2. The molecule has 3 atom stereocenters. The molecule has 2 saturated carbocycles. The lowest BCUT2D eigenvalue weighted by atomic mass is 9.83. The van der Waals surface area contributed by atoms with Gasteiger partial charge in [0, 0.05) is 31.7 Å². The molecule has 2 aliphatic carbocycles. The molecule has 1 N–H and O–H groups in total. The van der Waals surface area contributed by atoms with Crippen LogP contribution in [-0.2, 0) is 0 Å². The van der Waals surface area contributed by atoms with Crippen LogP contribution in [0.15, 0.2) is 0 Å². The van der Waals surface area contributed by atoms with Crippen molar-refractivity contribution in [2.45, 2.75) is 70.4 Å². The quantitative estimate of drug-likeness (QED) is 0.810. The van der Waals surface area contributed by atoms with Gasteiger partial charge >= 0.3 is 0 Å². The molecule has 1 aliphatic heterocycles. The first kappa shape index (κ1) is 12.9. The number of hydrogen-bond acceptors (Lipinski definition) is 2. The van der Waals surface area contributed by atoms with Gasteiger partial charge in [-0.15, -0.1) is 0 Å². The highest BCUT2D eigenvalue weighted by molar-refractivity contribution is 4.91. The number of hydrogen-bond donors (Lipinski definition) is 1. The number of nitrogens with zero attached hydrogens (tertiary/aromatic N) is 1. The zero-order chi connectivity index (χ0) is 12.4. The van der Waals surface area contributed by atoms with Gasteiger partial charge in [0.05, 0.1) is 0 Å². The van der Waals surface area contributed by atoms with Crippen LogP contribution in [0.2, 0.25) is 0 Å². The Hall–Kier alpha value is -0.0800. The molecule has 0 aromatic rings. The molecule has 104 valence electrons. The highest BCUT2D eigenvalue weighted by Crippen LogP contribution is 2.32. The molecule has 0 aromatic heterocycles. The lowest BCUT2D eigenvalue weighted by Crippen LogP contribution is -2.57. The van der Waals surface area contributed by atoms with Crippen molar-refractivity contribution < 1.29 is 0 Å². The summed E-state index contributed by atoms with van der Waals surface area (Å²) in [7, 11) is 0. The zero-order valence-corrected chi connectivity index (χ0v) is 12.0. The van der Waals surface area contributed by atoms with E-state index in [-0.39, 0.29) is 0 Å². The minimum Gasteiger partial charge on any atom is -0.311 e. The number of rotatable bonds is 2. The summed E-state index contributed by atoms with van der Waals surface area (Å²) in [6.45, 7) is 6.32. The first-order valence-corrected chi connectivity index (χ1v) is 8.32. The van der Waals surface area contributed by atoms with Gasteiger partial charge in [0.25, 0.3) is 0 Å². The lowest BCUT2D eigenvalue weighted by Gasteiger charge is -2.42. The lowest BCUT2D eigenvalue weighted by molar-refractivity contribution is 0.0932. The minimum atomic E-state index is 0.798. The fraction of sp³-hybridized carbons (Fsp3) is 1.00. The molecular weight excluding hydrogens is 220 g/mol. The van der Waals surface area contributed by atoms with Crippen LogP contribution < -0.4 is 5.32 Å². The van der Waals surface area contributed by atoms with Crippen molar-refractivity contribution in [3.63, 3.8) is 0 Å². The van der Waals surface area contributed by atoms with Gasteiger partial charge in [-0.05, 0) is 37.5 Å². The van der Waals surface area contributed by atoms with Crippen molar-refractivity contribution >= 4 is 0 Å². The third-order valence-electron chi connectivity index (χ3n) is 5.74. The molecule has 2 heteroatoms. The summed E-state index contributed by atoms with van der Waals surface area (Å²) in [6, 6.07) is 1.70. The maximum Gasteiger partial charge on any atom is 0.0223 e. The monoisotopic (exact) mass is 250 g/mol. The van der Waals surface area contributed by atoms with Crippen molar-refractivity contribution in [1.29, 1.82) is 0 Å². The molecule has 0 bridgehead atoms. The summed E-state index contributed by atoms with van der Waals surface area (Å²) in [5.41, 5.74) is 0. The molecule has 0 radical (unpaired) electrons. The topological polar surface area (TPSA) is 15.3 Å². The minimum absolute atomic E-state index is 0.798. The number of piperazine rings is 1. The molecule has 0 aromatic carbocycles. The molecule has 1 heterocycles. The second-order valence-electron chi connectivity index (χ2n) is 6.93. The highest BCUT2D eigenvalue weighted by atomic mass is 15.2. The Labute approximate surface area is 113 Å². The third kappa shape index (κ3) is 2.75. The highest BCUT2D eigenvalue weighted by Gasteiger charge is 2.34. The van der Waals surface area contributed by atoms with E-state index < -0.39 is 0 Å². The molecule has 3 rings (SSSR count). The molecule has 3 fully saturated rings. The van der Waals surface area contributed by atoms with Crippen LogP contribution in [0, 0.1) is 11.8 Å². The van der Waals surface area contributed by atoms with Gasteiger partial charge in [-0.2, -0.15) is 0 Å². The number of nitrogens with one attached hydrogen (secondary N) is 1. The fourth-order valence-corrected chi connectivity index (χ4v) is 4.62. The average molecular weight is 250 g/mol. The van der Waals surface area contributed by atoms with E-state index in [1.807, 2.05) is 0 Å². The van der Waals surface area contributed by atoms with Crippen molar-refractivity contribution in [3.8, 4) is 0 Å². The second kappa shape index (κ2) is 5.92. The Morgan fingerprint density at radius 1 is 0.944 bits per heavy atom. The van der Waals surface area contributed by atoms with Crippen molar-refractivity contribution in [2.24, 2.45) is 11.8 Å². The van der Waals surface area contributed by atoms with E-state index in [2.05, 4.69) is 17.1 Å². The molecule has 1 saturated heterocycles. The van der Waals surface area contributed by atoms with Crippen LogP contribution in [0.1, 0.15) is 58.3 Å². The Kier molecular flexibility index (Phi) is 4.25. The maximum absolute atomic E-state index is 3.82. The van der Waals surface area contributed by atoms with Crippen LogP contribution in [0.5, 0.6) is 0 Å². The smallest absolute Gasteiger partial charge is 0.0223 e. The van der Waals surface area contributed by atoms with Gasteiger partial charge < -0.3 is 5.32 Å². The van der Waals surface area contributed by atoms with Gasteiger partial charge in [-0.25, -0.2) is 0 Å². The Morgan fingerprint density at radius 3 is 2.50 bits per heavy atom. The van der Waals surface area contributed by atoms with Gasteiger partial charge in [0.2, 0.25) is 0 Å². The standard InChI is InChI=1S/C16H30N2/c1-13-6-5-9-16(13)18-11-10-17-15(12-18)14-7-3-2-4-8-14/h13-17H,2-12H2,1H3. The summed E-state index contributed by atoms with van der Waals surface area (Å²) in [5.74, 6) is 1.91. The average Bonchev–Trinajstić information content (AvgIpc) is 2.86. The third-order valence-corrected chi connectivity index (χ3v) is 5.74. The first-order chi connectivity index (χ1) is 8.84. The molecule has 18 heavy (non-hydrogen) atoms. The Bertz CT molecular complexity index is 260. The van der Waals surface area contributed by atoms with E-state index in [0.29, 0.717) is 0 Å². The van der Waals surface area contributed by atoms with E-state index in [1.165, 1.54) is 71.0 Å². The summed E-state index contributed by atoms with van der Waals surface area (Å²) >= 11 is 0. The van der Waals surface area contributed by atoms with Crippen molar-refractivity contribution in [1.82, 2.24) is 10.2 Å². The van der Waals surface area contributed by atoms with E-state index in [9.17, 15) is 0 Å². The Morgan fingerprint density at radius 2 is 1.78 bits per heavy atom. The van der Waals surface area contributed by atoms with Crippen LogP contribution >= 0.6 is 0 Å². The van der Waals surface area contributed by atoms with E-state index in [0.717, 1.165) is 23.9 Å². The van der Waals surface area contributed by atoms with Crippen molar-refractivity contribution in [3.05, 3.63) is 0 Å². The maximum atomic E-state index is 3.82. The first-order valence-electron chi connectivity index (χ1n) is 8.32. The van der Waals surface area contributed by atoms with E-state index in [1.54, 1.807) is 0 Å². The summed E-state index contributed by atoms with van der Waals surface area (Å²) in [6.07, 6.45) is 11.8. The molecule has 3 aliphatic rings. The van der Waals surface area contributed by atoms with Crippen LogP contribution in [0.4, 0.5) is 0 Å². The van der Waals surface area contributed by atoms with E-state index >= 15 is 0 Å². The fourth-order valence-electron chi connectivity index (χ4n) is 4.62. The van der Waals surface area contributed by atoms with Crippen LogP contribution in [-0.4, -0.2) is 36.6 Å². The summed E-state index contributed by atoms with van der Waals surface area (Å²) in [4.78, 5) is 2.83. The van der Waals surface area contributed by atoms with Gasteiger partial charge in [0.15, 0.2) is 0 Å². The predicted molar refractivity (Wildman–Crippen MR) is 76.7 cm³/mol. The van der Waals surface area contributed by atoms with Crippen molar-refractivity contribution in [2.75, 3.05) is 19.6 Å². The van der Waals surface area contributed by atoms with Crippen LogP contribution in [0.25, 0.3) is 0 Å².